The monoisotopic (exact) mass is 569 g/mol. The molecule has 5 atom stereocenters. The number of carbonyl (C=O) groups excluding carboxylic acids is 4. The van der Waals surface area contributed by atoms with E-state index in [4.69, 9.17) is 14.2 Å². The Hall–Kier alpha value is -3.65. The minimum Gasteiger partial charge on any atom is -0.504 e. The van der Waals surface area contributed by atoms with Crippen LogP contribution in [0.4, 0.5) is 13.2 Å². The Labute approximate surface area is 225 Å². The number of esters is 4. The topological polar surface area (TPSA) is 149 Å². The molecule has 14 heteroatoms. The Morgan fingerprint density at radius 1 is 1.20 bits per heavy atom. The van der Waals surface area contributed by atoms with Gasteiger partial charge in [-0.15, -0.1) is 0 Å². The van der Waals surface area contributed by atoms with E-state index in [-0.39, 0.29) is 29.7 Å². The Balaban J connectivity index is 1.27. The lowest BCUT2D eigenvalue weighted by Crippen LogP contribution is -2.74. The van der Waals surface area contributed by atoms with E-state index in [1.807, 2.05) is 7.05 Å². The number of aliphatic hydroxyl groups is 1. The number of rotatable bonds is 6. The zero-order chi connectivity index (χ0) is 29.2. The SMILES string of the molecule is C[C@H](OC(=O)CCC(=O)OC(=O)C(F)(F)F)C(=O)OC1=CC[C@@]2(O)[C@H]3Cc4ccc(O)c5c4[C@@]2(CCN3C)[C@H]1O5. The number of hydrogen-bond acceptors (Lipinski definition) is 11. The van der Waals surface area contributed by atoms with Gasteiger partial charge in [0.05, 0.1) is 23.9 Å². The summed E-state index contributed by atoms with van der Waals surface area (Å²) in [6, 6.07) is 3.07. The summed E-state index contributed by atoms with van der Waals surface area (Å²) in [5.41, 5.74) is -0.653. The summed E-state index contributed by atoms with van der Waals surface area (Å²) in [6.07, 6.45) is -6.76. The zero-order valence-electron chi connectivity index (χ0n) is 21.4. The third-order valence-electron chi connectivity index (χ3n) is 8.18. The van der Waals surface area contributed by atoms with Gasteiger partial charge in [0.1, 0.15) is 5.76 Å². The van der Waals surface area contributed by atoms with Crippen LogP contribution in [0.15, 0.2) is 24.0 Å². The lowest BCUT2D eigenvalue weighted by atomic mass is 9.50. The van der Waals surface area contributed by atoms with Gasteiger partial charge in [0.2, 0.25) is 0 Å². The van der Waals surface area contributed by atoms with Gasteiger partial charge < -0.3 is 34.1 Å². The molecule has 5 rings (SSSR count). The second-order valence-electron chi connectivity index (χ2n) is 10.4. The Morgan fingerprint density at radius 3 is 2.60 bits per heavy atom. The molecule has 2 heterocycles. The van der Waals surface area contributed by atoms with Crippen molar-refractivity contribution in [3.05, 3.63) is 35.1 Å². The first-order valence-corrected chi connectivity index (χ1v) is 12.6. The second kappa shape index (κ2) is 9.47. The number of piperidine rings is 1. The molecule has 0 amide bonds. The first-order valence-electron chi connectivity index (χ1n) is 12.6. The summed E-state index contributed by atoms with van der Waals surface area (Å²) in [6.45, 7) is 1.82. The number of benzene rings is 1. The van der Waals surface area contributed by atoms with Crippen LogP contribution in [0.25, 0.3) is 0 Å². The van der Waals surface area contributed by atoms with Crippen LogP contribution in [0, 0.1) is 0 Å². The smallest absolute Gasteiger partial charge is 0.491 e. The van der Waals surface area contributed by atoms with Gasteiger partial charge in [-0.05, 0) is 51.1 Å². The summed E-state index contributed by atoms with van der Waals surface area (Å²) in [5, 5.41) is 22.6. The predicted molar refractivity (Wildman–Crippen MR) is 125 cm³/mol. The van der Waals surface area contributed by atoms with Gasteiger partial charge in [0, 0.05) is 18.0 Å². The summed E-state index contributed by atoms with van der Waals surface area (Å²) in [7, 11) is 1.93. The maximum Gasteiger partial charge on any atom is 0.491 e. The molecule has 1 aromatic rings. The van der Waals surface area contributed by atoms with Crippen molar-refractivity contribution < 1.29 is 61.5 Å². The minimum absolute atomic E-state index is 0.0820. The molecular weight excluding hydrogens is 543 g/mol. The fourth-order valence-electron chi connectivity index (χ4n) is 6.36. The highest BCUT2D eigenvalue weighted by Crippen LogP contribution is 2.65. The van der Waals surface area contributed by atoms with Crippen molar-refractivity contribution in [1.82, 2.24) is 4.90 Å². The van der Waals surface area contributed by atoms with E-state index >= 15 is 0 Å². The molecule has 2 aliphatic heterocycles. The van der Waals surface area contributed by atoms with Crippen LogP contribution in [0.2, 0.25) is 0 Å². The number of alkyl halides is 3. The van der Waals surface area contributed by atoms with E-state index in [0.29, 0.717) is 24.9 Å². The largest absolute Gasteiger partial charge is 0.504 e. The molecule has 1 spiro atoms. The van der Waals surface area contributed by atoms with Gasteiger partial charge in [-0.2, -0.15) is 13.2 Å². The molecule has 11 nitrogen and oxygen atoms in total. The molecule has 0 aromatic heterocycles. The van der Waals surface area contributed by atoms with E-state index < -0.39 is 66.1 Å². The number of nitrogens with zero attached hydrogens (tertiary/aromatic N) is 1. The molecular formula is C26H26F3NO10. The number of phenolic OH excluding ortho intramolecular Hbond substituents is 1. The molecule has 216 valence electrons. The molecule has 40 heavy (non-hydrogen) atoms. The summed E-state index contributed by atoms with van der Waals surface area (Å²) >= 11 is 0. The lowest BCUT2D eigenvalue weighted by molar-refractivity contribution is -0.202. The third kappa shape index (κ3) is 4.20. The maximum absolute atomic E-state index is 12.9. The Kier molecular flexibility index (Phi) is 6.61. The number of hydrogen-bond donors (Lipinski definition) is 2. The van der Waals surface area contributed by atoms with Crippen LogP contribution < -0.4 is 4.74 Å². The van der Waals surface area contributed by atoms with E-state index in [9.17, 15) is 42.6 Å². The van der Waals surface area contributed by atoms with Crippen molar-refractivity contribution in [3.63, 3.8) is 0 Å². The average Bonchev–Trinajstić information content (AvgIpc) is 3.23. The van der Waals surface area contributed by atoms with Gasteiger partial charge in [0.25, 0.3) is 0 Å². The van der Waals surface area contributed by atoms with Crippen LogP contribution in [0.3, 0.4) is 0 Å². The lowest BCUT2D eigenvalue weighted by Gasteiger charge is -2.61. The molecule has 2 bridgehead atoms. The molecule has 0 radical (unpaired) electrons. The number of aromatic hydroxyl groups is 1. The van der Waals surface area contributed by atoms with Crippen LogP contribution >= 0.6 is 0 Å². The molecule has 1 saturated heterocycles. The van der Waals surface area contributed by atoms with Crippen molar-refractivity contribution in [3.8, 4) is 11.5 Å². The number of carbonyl (C=O) groups is 4. The Morgan fingerprint density at radius 2 is 1.90 bits per heavy atom. The third-order valence-corrected chi connectivity index (χ3v) is 8.18. The van der Waals surface area contributed by atoms with Gasteiger partial charge in [-0.25, -0.2) is 9.59 Å². The van der Waals surface area contributed by atoms with Crippen molar-refractivity contribution in [2.45, 2.75) is 74.5 Å². The fourth-order valence-corrected chi connectivity index (χ4v) is 6.36. The Bertz CT molecular complexity index is 1330. The quantitative estimate of drug-likeness (QED) is 0.292. The molecule has 2 aliphatic carbocycles. The van der Waals surface area contributed by atoms with Crippen molar-refractivity contribution in [1.29, 1.82) is 0 Å². The zero-order valence-corrected chi connectivity index (χ0v) is 21.4. The molecule has 1 aromatic carbocycles. The van der Waals surface area contributed by atoms with Crippen molar-refractivity contribution in [2.75, 3.05) is 13.6 Å². The molecule has 2 N–H and O–H groups in total. The van der Waals surface area contributed by atoms with E-state index in [1.165, 1.54) is 13.0 Å². The van der Waals surface area contributed by atoms with Crippen molar-refractivity contribution >= 4 is 23.9 Å². The van der Waals surface area contributed by atoms with Crippen LogP contribution in [0.1, 0.15) is 43.7 Å². The molecule has 0 unspecified atom stereocenters. The number of halogens is 3. The predicted octanol–water partition coefficient (Wildman–Crippen LogP) is 1.56. The van der Waals surface area contributed by atoms with Crippen LogP contribution in [0.5, 0.6) is 11.5 Å². The maximum atomic E-state index is 12.9. The molecule has 0 saturated carbocycles. The second-order valence-corrected chi connectivity index (χ2v) is 10.4. The van der Waals surface area contributed by atoms with E-state index in [2.05, 4.69) is 9.64 Å². The number of likely N-dealkylation sites (tertiary alicyclic amines) is 1. The first kappa shape index (κ1) is 27.9. The van der Waals surface area contributed by atoms with Crippen molar-refractivity contribution in [2.24, 2.45) is 0 Å². The highest BCUT2D eigenvalue weighted by atomic mass is 19.4. The van der Waals surface area contributed by atoms with Gasteiger partial charge in [0.15, 0.2) is 23.7 Å². The number of likely N-dealkylation sites (N-methyl/N-ethyl adjacent to an activating group) is 1. The fraction of sp³-hybridized carbons (Fsp3) is 0.538. The highest BCUT2D eigenvalue weighted by molar-refractivity contribution is 5.90. The van der Waals surface area contributed by atoms with Gasteiger partial charge in [-0.3, -0.25) is 9.59 Å². The summed E-state index contributed by atoms with van der Waals surface area (Å²) < 4.78 is 56.8. The summed E-state index contributed by atoms with van der Waals surface area (Å²) in [5.74, 6) is -6.21. The molecule has 1 fully saturated rings. The van der Waals surface area contributed by atoms with Gasteiger partial charge in [-0.1, -0.05) is 6.07 Å². The first-order chi connectivity index (χ1) is 18.7. The average molecular weight is 569 g/mol. The summed E-state index contributed by atoms with van der Waals surface area (Å²) in [4.78, 5) is 49.1. The minimum atomic E-state index is -5.37. The highest BCUT2D eigenvalue weighted by Gasteiger charge is 2.72. The van der Waals surface area contributed by atoms with E-state index in [0.717, 1.165) is 5.56 Å². The number of phenols is 1. The number of ether oxygens (including phenoxy) is 4. The van der Waals surface area contributed by atoms with Crippen LogP contribution in [-0.2, 0) is 45.2 Å². The molecule has 4 aliphatic rings. The van der Waals surface area contributed by atoms with Gasteiger partial charge >= 0.3 is 30.1 Å². The normalized spacial score (nSPS) is 28.9. The van der Waals surface area contributed by atoms with E-state index in [1.54, 1.807) is 12.1 Å². The standard InChI is InChI=1S/C26H26F3NO10/c1-12(37-17(32)5-6-18(33)39-23(35)26(27,28)29)22(34)38-15-7-8-25(36)16-11-13-3-4-14(31)20-19(13)24(25,21(15)40-20)9-10-30(16)2/h3-4,7,12,16,21,31,36H,5-6,8-11H2,1-2H3/t12-,16+,21-,24-,25+/m0/s1. The van der Waals surface area contributed by atoms with Crippen LogP contribution in [-0.4, -0.2) is 82.6 Å².